The molecule has 3 heterocycles. The first kappa shape index (κ1) is 33.3. The number of rotatable bonds is 5. The summed E-state index contributed by atoms with van der Waals surface area (Å²) in [5.41, 5.74) is 13.5. The van der Waals surface area contributed by atoms with Gasteiger partial charge in [0.15, 0.2) is 17.5 Å². The van der Waals surface area contributed by atoms with Crippen LogP contribution in [-0.2, 0) is 0 Å². The van der Waals surface area contributed by atoms with E-state index in [0.717, 1.165) is 38.8 Å². The van der Waals surface area contributed by atoms with E-state index in [0.29, 0.717) is 17.5 Å². The third-order valence-electron chi connectivity index (χ3n) is 12.2. The third-order valence-corrected chi connectivity index (χ3v) is 13.3. The van der Waals surface area contributed by atoms with Crippen molar-refractivity contribution in [2.24, 2.45) is 0 Å². The maximum atomic E-state index is 5.44. The van der Waals surface area contributed by atoms with Crippen LogP contribution in [0.25, 0.3) is 126 Å². The van der Waals surface area contributed by atoms with Crippen LogP contribution in [0.4, 0.5) is 0 Å². The minimum atomic E-state index is 0.637. The van der Waals surface area contributed by atoms with Crippen molar-refractivity contribution in [1.82, 2.24) is 19.5 Å². The third kappa shape index (κ3) is 4.87. The van der Waals surface area contributed by atoms with Gasteiger partial charge < -0.3 is 4.57 Å². The van der Waals surface area contributed by atoms with E-state index >= 15 is 0 Å². The van der Waals surface area contributed by atoms with E-state index in [2.05, 4.69) is 162 Å². The Morgan fingerprint density at radius 1 is 0.350 bits per heavy atom. The average molecular weight is 781 g/mol. The van der Waals surface area contributed by atoms with Crippen molar-refractivity contribution in [2.75, 3.05) is 0 Å². The van der Waals surface area contributed by atoms with Gasteiger partial charge in [-0.25, -0.2) is 15.0 Å². The van der Waals surface area contributed by atoms with Crippen molar-refractivity contribution in [3.8, 4) is 73.2 Å². The highest BCUT2D eigenvalue weighted by Gasteiger charge is 2.28. The van der Waals surface area contributed by atoms with Gasteiger partial charge in [-0.2, -0.15) is 0 Å². The number of aromatic nitrogens is 4. The molecule has 9 aromatic carbocycles. The molecule has 0 N–H and O–H groups in total. The Bertz CT molecular complexity index is 3640. The number of benzene rings is 9. The molecule has 60 heavy (non-hydrogen) atoms. The van der Waals surface area contributed by atoms with E-state index in [1.807, 2.05) is 47.7 Å². The predicted molar refractivity (Wildman–Crippen MR) is 251 cm³/mol. The average Bonchev–Trinajstić information content (AvgIpc) is 3.83. The lowest BCUT2D eigenvalue weighted by Gasteiger charge is -2.17. The van der Waals surface area contributed by atoms with E-state index in [4.69, 9.17) is 15.0 Å². The zero-order valence-corrected chi connectivity index (χ0v) is 33.0. The molecule has 4 nitrogen and oxygen atoms in total. The highest BCUT2D eigenvalue weighted by atomic mass is 32.1. The van der Waals surface area contributed by atoms with Crippen molar-refractivity contribution in [2.45, 2.75) is 0 Å². The van der Waals surface area contributed by atoms with Crippen LogP contribution in [0.1, 0.15) is 0 Å². The highest BCUT2D eigenvalue weighted by Crippen LogP contribution is 2.51. The van der Waals surface area contributed by atoms with E-state index in [1.165, 1.54) is 69.7 Å². The molecule has 0 atom stereocenters. The number of hydrogen-bond acceptors (Lipinski definition) is 4. The van der Waals surface area contributed by atoms with Gasteiger partial charge in [0.25, 0.3) is 0 Å². The van der Waals surface area contributed by atoms with Crippen LogP contribution in [0.15, 0.2) is 194 Å². The fourth-order valence-electron chi connectivity index (χ4n) is 9.59. The molecule has 0 saturated heterocycles. The fraction of sp³-hybridized carbons (Fsp3) is 0. The second-order valence-electron chi connectivity index (χ2n) is 15.5. The van der Waals surface area contributed by atoms with E-state index in [9.17, 15) is 0 Å². The summed E-state index contributed by atoms with van der Waals surface area (Å²) in [7, 11) is 0. The van der Waals surface area contributed by atoms with Crippen LogP contribution in [0, 0.1) is 0 Å². The number of fused-ring (bicyclic) bond motifs is 6. The number of hydrogen-bond donors (Lipinski definition) is 0. The largest absolute Gasteiger partial charge is 0.308 e. The normalized spacial score (nSPS) is 12.0. The molecule has 0 aliphatic heterocycles. The molecule has 1 aliphatic rings. The first-order valence-corrected chi connectivity index (χ1v) is 21.1. The monoisotopic (exact) mass is 780 g/mol. The summed E-state index contributed by atoms with van der Waals surface area (Å²) in [5.74, 6) is 1.91. The van der Waals surface area contributed by atoms with E-state index in [1.54, 1.807) is 0 Å². The Labute approximate surface area is 349 Å². The molecule has 1 aliphatic carbocycles. The van der Waals surface area contributed by atoms with Gasteiger partial charge in [0, 0.05) is 42.1 Å². The van der Waals surface area contributed by atoms with Crippen molar-refractivity contribution in [1.29, 1.82) is 0 Å². The summed E-state index contributed by atoms with van der Waals surface area (Å²) in [6.07, 6.45) is 0. The van der Waals surface area contributed by atoms with Gasteiger partial charge >= 0.3 is 0 Å². The highest BCUT2D eigenvalue weighted by molar-refractivity contribution is 7.26. The van der Waals surface area contributed by atoms with Gasteiger partial charge in [-0.05, 0) is 80.6 Å². The Kier molecular flexibility index (Phi) is 7.14. The molecule has 3 aromatic heterocycles. The quantitative estimate of drug-likeness (QED) is 0.175. The second kappa shape index (κ2) is 12.9. The van der Waals surface area contributed by atoms with Crippen LogP contribution < -0.4 is 0 Å². The van der Waals surface area contributed by atoms with Gasteiger partial charge in [0.1, 0.15) is 0 Å². The molecule has 0 bridgehead atoms. The molecule has 0 unspecified atom stereocenters. The molecule has 0 spiro atoms. The maximum absolute atomic E-state index is 5.44. The van der Waals surface area contributed by atoms with Crippen LogP contribution >= 0.6 is 11.3 Å². The lowest BCUT2D eigenvalue weighted by Crippen LogP contribution is -2.04. The van der Waals surface area contributed by atoms with Gasteiger partial charge in [0.05, 0.1) is 22.3 Å². The summed E-state index contributed by atoms with van der Waals surface area (Å²) in [6, 6.07) is 69.6. The van der Waals surface area contributed by atoms with Gasteiger partial charge in [-0.1, -0.05) is 158 Å². The second-order valence-corrected chi connectivity index (χ2v) is 16.6. The lowest BCUT2D eigenvalue weighted by molar-refractivity contribution is 1.07. The van der Waals surface area contributed by atoms with Gasteiger partial charge in [-0.3, -0.25) is 0 Å². The molecular formula is C55H32N4S. The van der Waals surface area contributed by atoms with E-state index in [-0.39, 0.29) is 0 Å². The molecule has 0 saturated carbocycles. The first-order valence-electron chi connectivity index (χ1n) is 20.3. The number of thiophene rings is 1. The lowest BCUT2D eigenvalue weighted by atomic mass is 9.93. The Hall–Kier alpha value is -7.73. The van der Waals surface area contributed by atoms with Crippen molar-refractivity contribution < 1.29 is 0 Å². The zero-order valence-electron chi connectivity index (χ0n) is 32.2. The molecule has 12 aromatic rings. The number of nitrogens with zero attached hydrogens (tertiary/aromatic N) is 4. The Balaban J connectivity index is 1.21. The van der Waals surface area contributed by atoms with E-state index < -0.39 is 0 Å². The van der Waals surface area contributed by atoms with Crippen LogP contribution in [0.2, 0.25) is 0 Å². The molecule has 5 heteroatoms. The summed E-state index contributed by atoms with van der Waals surface area (Å²) < 4.78 is 4.88. The minimum Gasteiger partial charge on any atom is -0.308 e. The van der Waals surface area contributed by atoms with Gasteiger partial charge in [-0.15, -0.1) is 11.3 Å². The molecule has 13 rings (SSSR count). The topological polar surface area (TPSA) is 43.6 Å². The molecule has 0 fully saturated rings. The maximum Gasteiger partial charge on any atom is 0.166 e. The summed E-state index contributed by atoms with van der Waals surface area (Å²) in [6.45, 7) is 0. The SMILES string of the molecule is c1ccc(-c2ccc3sc4ccc(-n5c6cccc7c6c6c8c(cccc8ccc65)-c5ccccc5-7)c(-c5nc(-c6ccccc6)nc(-c6ccccc6)n5)c4c3c2)cc1. The van der Waals surface area contributed by atoms with Crippen LogP contribution in [-0.4, -0.2) is 19.5 Å². The summed E-state index contributed by atoms with van der Waals surface area (Å²) in [4.78, 5) is 16.0. The standard InChI is InChI=1S/C55H32N4S/c1-4-14-33(15-5-1)37-27-30-46-42(32-37)50-47(60-46)31-29-45(52(50)55-57-53(35-16-6-2-7-17-35)56-54(58-55)36-18-8-3-9-19-36)59-43-25-13-24-41-39-22-11-10-21-38(39)40-23-12-20-34-26-28-44(59)51(48(34)40)49(41)43/h1-32H. The molecule has 0 amide bonds. The minimum absolute atomic E-state index is 0.637. The predicted octanol–water partition coefficient (Wildman–Crippen LogP) is 14.8. The summed E-state index contributed by atoms with van der Waals surface area (Å²) >= 11 is 1.82. The Morgan fingerprint density at radius 2 is 0.917 bits per heavy atom. The van der Waals surface area contributed by atoms with Crippen LogP contribution in [0.5, 0.6) is 0 Å². The molecule has 278 valence electrons. The fourth-order valence-corrected chi connectivity index (χ4v) is 10.7. The van der Waals surface area contributed by atoms with Crippen molar-refractivity contribution >= 4 is 64.1 Å². The molecule has 0 radical (unpaired) electrons. The van der Waals surface area contributed by atoms with Crippen molar-refractivity contribution in [3.05, 3.63) is 194 Å². The smallest absolute Gasteiger partial charge is 0.166 e. The molecular weight excluding hydrogens is 749 g/mol. The Morgan fingerprint density at radius 3 is 1.62 bits per heavy atom. The van der Waals surface area contributed by atoms with Crippen molar-refractivity contribution in [3.63, 3.8) is 0 Å². The first-order chi connectivity index (χ1) is 29.8. The van der Waals surface area contributed by atoms with Crippen LogP contribution in [0.3, 0.4) is 0 Å². The van der Waals surface area contributed by atoms with Gasteiger partial charge in [0.2, 0.25) is 0 Å². The summed E-state index contributed by atoms with van der Waals surface area (Å²) in [5, 5.41) is 7.36. The zero-order chi connectivity index (χ0) is 39.3.